The van der Waals surface area contributed by atoms with Crippen LogP contribution in [0.2, 0.25) is 0 Å². The summed E-state index contributed by atoms with van der Waals surface area (Å²) >= 11 is 0. The van der Waals surface area contributed by atoms with E-state index in [1.54, 1.807) is 0 Å². The lowest BCUT2D eigenvalue weighted by molar-refractivity contribution is -0.0201. The number of hydrogen-bond acceptors (Lipinski definition) is 1. The van der Waals surface area contributed by atoms with Crippen LogP contribution in [0.3, 0.4) is 0 Å². The van der Waals surface area contributed by atoms with Crippen LogP contribution in [0.25, 0.3) is 0 Å². The Morgan fingerprint density at radius 1 is 1.23 bits per heavy atom. The van der Waals surface area contributed by atoms with Crippen LogP contribution in [-0.2, 0) is 0 Å². The molecule has 0 N–H and O–H groups in total. The third-order valence-electron chi connectivity index (χ3n) is 4.32. The average Bonchev–Trinajstić information content (AvgIpc) is 2.13. The molecule has 1 aliphatic heterocycles. The van der Waals surface area contributed by atoms with Gasteiger partial charge in [0.05, 0.1) is 0 Å². The van der Waals surface area contributed by atoms with Gasteiger partial charge >= 0.3 is 0 Å². The highest BCUT2D eigenvalue weighted by molar-refractivity contribution is 4.95. The fourth-order valence-corrected chi connectivity index (χ4v) is 2.97. The molecule has 1 heterocycles. The molecule has 0 bridgehead atoms. The Bertz CT molecular complexity index is 167. The molecule has 0 aromatic heterocycles. The molecule has 1 nitrogen and oxygen atoms in total. The van der Waals surface area contributed by atoms with Crippen LogP contribution in [-0.4, -0.2) is 23.0 Å². The van der Waals surface area contributed by atoms with Gasteiger partial charge in [-0.15, -0.1) is 0 Å². The van der Waals surface area contributed by atoms with E-state index in [1.165, 1.54) is 25.8 Å². The van der Waals surface area contributed by atoms with Crippen LogP contribution in [0.1, 0.15) is 53.9 Å². The summed E-state index contributed by atoms with van der Waals surface area (Å²) in [5.74, 6) is 0.855. The Balaban J connectivity index is 2.83. The van der Waals surface area contributed by atoms with Crippen LogP contribution in [0, 0.1) is 5.92 Å². The molecule has 0 radical (unpaired) electrons. The molecule has 3 atom stereocenters. The summed E-state index contributed by atoms with van der Waals surface area (Å²) in [4.78, 5) is 2.70. The summed E-state index contributed by atoms with van der Waals surface area (Å²) in [6.07, 6.45) is 4.07. The second-order valence-electron chi connectivity index (χ2n) is 4.82. The van der Waals surface area contributed by atoms with Crippen molar-refractivity contribution in [2.75, 3.05) is 6.54 Å². The van der Waals surface area contributed by atoms with Crippen molar-refractivity contribution < 1.29 is 0 Å². The lowest BCUT2D eigenvalue weighted by atomic mass is 9.75. The topological polar surface area (TPSA) is 3.24 Å². The van der Waals surface area contributed by atoms with Crippen molar-refractivity contribution in [3.8, 4) is 0 Å². The molecule has 1 saturated heterocycles. The van der Waals surface area contributed by atoms with E-state index in [-0.39, 0.29) is 0 Å². The minimum Gasteiger partial charge on any atom is -0.295 e. The zero-order valence-corrected chi connectivity index (χ0v) is 9.93. The van der Waals surface area contributed by atoms with Crippen LogP contribution in [0.5, 0.6) is 0 Å². The number of hydrogen-bond donors (Lipinski definition) is 0. The van der Waals surface area contributed by atoms with E-state index in [1.807, 2.05) is 0 Å². The van der Waals surface area contributed by atoms with Crippen molar-refractivity contribution in [1.29, 1.82) is 0 Å². The molecule has 0 aliphatic carbocycles. The fraction of sp³-hybridized carbons (Fsp3) is 1.00. The second-order valence-corrected chi connectivity index (χ2v) is 4.82. The van der Waals surface area contributed by atoms with Gasteiger partial charge in [-0.2, -0.15) is 0 Å². The predicted molar refractivity (Wildman–Crippen MR) is 58.9 cm³/mol. The van der Waals surface area contributed by atoms with Gasteiger partial charge in [-0.05, 0) is 45.6 Å². The minimum absolute atomic E-state index is 0.451. The molecular weight excluding hydrogens is 158 g/mol. The maximum atomic E-state index is 2.70. The second kappa shape index (κ2) is 4.00. The molecule has 13 heavy (non-hydrogen) atoms. The van der Waals surface area contributed by atoms with Crippen LogP contribution in [0.4, 0.5) is 0 Å². The Hall–Kier alpha value is -0.0400. The molecule has 0 spiro atoms. The summed E-state index contributed by atoms with van der Waals surface area (Å²) in [6, 6.07) is 0.783. The summed E-state index contributed by atoms with van der Waals surface area (Å²) < 4.78 is 0. The van der Waals surface area contributed by atoms with Gasteiger partial charge in [0, 0.05) is 11.6 Å². The summed E-state index contributed by atoms with van der Waals surface area (Å²) in [5, 5.41) is 0. The van der Waals surface area contributed by atoms with Gasteiger partial charge in [0.15, 0.2) is 0 Å². The summed E-state index contributed by atoms with van der Waals surface area (Å²) in [5.41, 5.74) is 0.451. The summed E-state index contributed by atoms with van der Waals surface area (Å²) in [7, 11) is 0. The maximum absolute atomic E-state index is 2.70. The Morgan fingerprint density at radius 3 is 2.23 bits per heavy atom. The van der Waals surface area contributed by atoms with Crippen molar-refractivity contribution in [3.05, 3.63) is 0 Å². The van der Waals surface area contributed by atoms with Gasteiger partial charge in [0.2, 0.25) is 0 Å². The zero-order chi connectivity index (χ0) is 10.1. The molecule has 1 heteroatoms. The Labute approximate surface area is 83.5 Å². The van der Waals surface area contributed by atoms with Crippen molar-refractivity contribution >= 4 is 0 Å². The van der Waals surface area contributed by atoms with Crippen molar-refractivity contribution in [2.24, 2.45) is 5.92 Å². The SMILES string of the molecule is CCN1C(C)CCC(C)C1(C)CC. The Morgan fingerprint density at radius 2 is 1.85 bits per heavy atom. The van der Waals surface area contributed by atoms with E-state index in [9.17, 15) is 0 Å². The molecular formula is C12H25N. The number of rotatable bonds is 2. The summed E-state index contributed by atoms with van der Waals surface area (Å²) in [6.45, 7) is 13.1. The maximum Gasteiger partial charge on any atom is 0.0207 e. The van der Waals surface area contributed by atoms with Crippen LogP contribution in [0.15, 0.2) is 0 Å². The average molecular weight is 183 g/mol. The van der Waals surface area contributed by atoms with Gasteiger partial charge in [-0.25, -0.2) is 0 Å². The van der Waals surface area contributed by atoms with E-state index < -0.39 is 0 Å². The number of likely N-dealkylation sites (tertiary alicyclic amines) is 1. The molecule has 0 aromatic carbocycles. The highest BCUT2D eigenvalue weighted by Gasteiger charge is 2.40. The molecule has 1 fully saturated rings. The fourth-order valence-electron chi connectivity index (χ4n) is 2.97. The standard InChI is InChI=1S/C12H25N/c1-6-12(5)10(3)8-9-11(4)13(12)7-2/h10-11H,6-9H2,1-5H3. The first-order valence-electron chi connectivity index (χ1n) is 5.83. The first kappa shape index (κ1) is 11.0. The normalized spacial score (nSPS) is 42.2. The smallest absolute Gasteiger partial charge is 0.0207 e. The Kier molecular flexibility index (Phi) is 3.39. The van der Waals surface area contributed by atoms with Crippen molar-refractivity contribution in [1.82, 2.24) is 4.90 Å². The lowest BCUT2D eigenvalue weighted by Crippen LogP contribution is -2.57. The van der Waals surface area contributed by atoms with Crippen LogP contribution >= 0.6 is 0 Å². The monoisotopic (exact) mass is 183 g/mol. The lowest BCUT2D eigenvalue weighted by Gasteiger charge is -2.52. The van der Waals surface area contributed by atoms with Gasteiger partial charge < -0.3 is 0 Å². The molecule has 0 saturated carbocycles. The number of nitrogens with zero attached hydrogens (tertiary/aromatic N) is 1. The zero-order valence-electron chi connectivity index (χ0n) is 9.93. The van der Waals surface area contributed by atoms with Crippen molar-refractivity contribution in [2.45, 2.75) is 65.5 Å². The van der Waals surface area contributed by atoms with Gasteiger partial charge in [0.25, 0.3) is 0 Å². The molecule has 3 unspecified atom stereocenters. The molecule has 0 amide bonds. The third-order valence-corrected chi connectivity index (χ3v) is 4.32. The van der Waals surface area contributed by atoms with E-state index in [2.05, 4.69) is 39.5 Å². The molecule has 1 aliphatic rings. The number of piperidine rings is 1. The van der Waals surface area contributed by atoms with E-state index in [4.69, 9.17) is 0 Å². The molecule has 78 valence electrons. The minimum atomic E-state index is 0.451. The highest BCUT2D eigenvalue weighted by Crippen LogP contribution is 2.38. The van der Waals surface area contributed by atoms with E-state index in [0.717, 1.165) is 12.0 Å². The first-order valence-corrected chi connectivity index (χ1v) is 5.83. The first-order chi connectivity index (χ1) is 6.06. The van der Waals surface area contributed by atoms with Crippen LogP contribution < -0.4 is 0 Å². The van der Waals surface area contributed by atoms with Gasteiger partial charge in [-0.3, -0.25) is 4.90 Å². The van der Waals surface area contributed by atoms with E-state index in [0.29, 0.717) is 5.54 Å². The predicted octanol–water partition coefficient (Wildman–Crippen LogP) is 3.30. The van der Waals surface area contributed by atoms with Crippen molar-refractivity contribution in [3.63, 3.8) is 0 Å². The quantitative estimate of drug-likeness (QED) is 0.635. The third kappa shape index (κ3) is 1.76. The van der Waals surface area contributed by atoms with Gasteiger partial charge in [0.1, 0.15) is 0 Å². The highest BCUT2D eigenvalue weighted by atomic mass is 15.2. The molecule has 0 aromatic rings. The van der Waals surface area contributed by atoms with Gasteiger partial charge in [-0.1, -0.05) is 20.8 Å². The largest absolute Gasteiger partial charge is 0.295 e. The molecule has 1 rings (SSSR count). The van der Waals surface area contributed by atoms with E-state index >= 15 is 0 Å².